The zero-order valence-electron chi connectivity index (χ0n) is 26.8. The molecule has 6 aromatic rings. The number of aromatic nitrogens is 3. The Labute approximate surface area is 279 Å². The van der Waals surface area contributed by atoms with Crippen LogP contribution in [0.25, 0.3) is 44.6 Å². The molecule has 0 atom stereocenters. The lowest BCUT2D eigenvalue weighted by Gasteiger charge is -2.26. The quantitative estimate of drug-likeness (QED) is 0.128. The van der Waals surface area contributed by atoms with E-state index in [4.69, 9.17) is 31.1 Å². The number of nitrogens with one attached hydrogen (secondary N) is 2. The molecule has 47 heavy (non-hydrogen) atoms. The molecule has 0 radical (unpaired) electrons. The summed E-state index contributed by atoms with van der Waals surface area (Å²) in [5, 5.41) is 17.4. The molecule has 1 aliphatic rings. The molecule has 0 unspecified atom stereocenters. The zero-order chi connectivity index (χ0) is 32.3. The Morgan fingerprint density at radius 1 is 0.894 bits per heavy atom. The van der Waals surface area contributed by atoms with Crippen molar-refractivity contribution in [2.45, 2.75) is 46.2 Å². The molecule has 0 bridgehead atoms. The fraction of sp³-hybridized carbons (Fsp3) is 0.289. The number of pyridine rings is 2. The van der Waals surface area contributed by atoms with E-state index < -0.39 is 0 Å². The van der Waals surface area contributed by atoms with E-state index in [1.165, 1.54) is 24.8 Å². The van der Waals surface area contributed by atoms with Gasteiger partial charge in [0.1, 0.15) is 11.0 Å². The Bertz CT molecular complexity index is 2050. The Kier molecular flexibility index (Phi) is 9.18. The molecule has 8 nitrogen and oxygen atoms in total. The first-order valence-corrected chi connectivity index (χ1v) is 16.7. The van der Waals surface area contributed by atoms with Gasteiger partial charge in [-0.15, -0.1) is 0 Å². The largest absolute Gasteiger partial charge is 0.434 e. The predicted molar refractivity (Wildman–Crippen MR) is 190 cm³/mol. The monoisotopic (exact) mass is 646 g/mol. The molecule has 0 spiro atoms. The number of aliphatic hydroxyl groups is 1. The molecule has 240 valence electrons. The maximum Gasteiger partial charge on any atom is 0.227 e. The van der Waals surface area contributed by atoms with E-state index in [1.807, 2.05) is 18.3 Å². The van der Waals surface area contributed by atoms with Gasteiger partial charge in [0.2, 0.25) is 5.89 Å². The number of hydrogen-bond acceptors (Lipinski definition) is 8. The van der Waals surface area contributed by atoms with Gasteiger partial charge in [0.15, 0.2) is 11.4 Å². The highest BCUT2D eigenvalue weighted by atomic mass is 35.5. The Balaban J connectivity index is 1.17. The third kappa shape index (κ3) is 6.60. The van der Waals surface area contributed by atoms with Crippen molar-refractivity contribution in [3.05, 3.63) is 100 Å². The summed E-state index contributed by atoms with van der Waals surface area (Å²) in [4.78, 5) is 16.8. The van der Waals surface area contributed by atoms with Crippen molar-refractivity contribution < 1.29 is 9.52 Å². The number of halogens is 1. The van der Waals surface area contributed by atoms with E-state index in [9.17, 15) is 0 Å². The van der Waals surface area contributed by atoms with Crippen molar-refractivity contribution in [3.63, 3.8) is 0 Å². The summed E-state index contributed by atoms with van der Waals surface area (Å²) in [7, 11) is 0. The minimum absolute atomic E-state index is 0.104. The minimum atomic E-state index is 0.104. The number of nitrogens with zero attached hydrogens (tertiary/aromatic N) is 4. The minimum Gasteiger partial charge on any atom is -0.434 e. The molecule has 4 heterocycles. The molecule has 1 saturated heterocycles. The first-order valence-electron chi connectivity index (χ1n) is 16.3. The second-order valence-corrected chi connectivity index (χ2v) is 12.7. The highest BCUT2D eigenvalue weighted by molar-refractivity contribution is 6.34. The second-order valence-electron chi connectivity index (χ2n) is 12.3. The zero-order valence-corrected chi connectivity index (χ0v) is 27.6. The third-order valence-corrected chi connectivity index (χ3v) is 9.35. The van der Waals surface area contributed by atoms with Crippen LogP contribution in [0.15, 0.2) is 77.5 Å². The number of hydrogen-bond donors (Lipinski definition) is 3. The summed E-state index contributed by atoms with van der Waals surface area (Å²) in [6, 6.07) is 20.7. The molecule has 0 saturated carbocycles. The van der Waals surface area contributed by atoms with Crippen LogP contribution in [0, 0.1) is 13.8 Å². The lowest BCUT2D eigenvalue weighted by molar-refractivity contribution is 0.221. The highest BCUT2D eigenvalue weighted by Crippen LogP contribution is 2.38. The molecule has 9 heteroatoms. The number of rotatable bonds is 10. The van der Waals surface area contributed by atoms with Crippen molar-refractivity contribution in [1.29, 1.82) is 0 Å². The Morgan fingerprint density at radius 2 is 1.68 bits per heavy atom. The molecule has 3 aromatic carbocycles. The van der Waals surface area contributed by atoms with Gasteiger partial charge in [-0.3, -0.25) is 9.88 Å². The van der Waals surface area contributed by atoms with Gasteiger partial charge in [-0.2, -0.15) is 0 Å². The van der Waals surface area contributed by atoms with Crippen LogP contribution in [0.1, 0.15) is 41.5 Å². The van der Waals surface area contributed by atoms with E-state index in [0.717, 1.165) is 75.1 Å². The van der Waals surface area contributed by atoms with Crippen molar-refractivity contribution in [2.75, 3.05) is 31.6 Å². The third-order valence-electron chi connectivity index (χ3n) is 9.07. The predicted octanol–water partition coefficient (Wildman–Crippen LogP) is 8.19. The number of benzene rings is 3. The maximum absolute atomic E-state index is 9.07. The maximum atomic E-state index is 9.07. The van der Waals surface area contributed by atoms with Crippen LogP contribution in [0.3, 0.4) is 0 Å². The molecule has 3 aromatic heterocycles. The molecule has 0 amide bonds. The lowest BCUT2D eigenvalue weighted by Crippen LogP contribution is -2.29. The van der Waals surface area contributed by atoms with Crippen LogP contribution in [-0.4, -0.2) is 51.2 Å². The Hall–Kier alpha value is -4.34. The summed E-state index contributed by atoms with van der Waals surface area (Å²) in [6.07, 6.45) is 7.47. The van der Waals surface area contributed by atoms with Crippen molar-refractivity contribution >= 4 is 45.1 Å². The molecular formula is C38H39ClN6O2. The number of fused-ring (bicyclic) bond motifs is 2. The smallest absolute Gasteiger partial charge is 0.227 e. The van der Waals surface area contributed by atoms with E-state index in [0.29, 0.717) is 35.4 Å². The van der Waals surface area contributed by atoms with Gasteiger partial charge in [0.05, 0.1) is 11.6 Å². The van der Waals surface area contributed by atoms with Gasteiger partial charge in [0, 0.05) is 48.7 Å². The number of piperidine rings is 1. The topological polar surface area (TPSA) is 99.3 Å². The van der Waals surface area contributed by atoms with Crippen LogP contribution in [-0.2, 0) is 13.1 Å². The number of anilines is 2. The van der Waals surface area contributed by atoms with Crippen LogP contribution in [0.5, 0.6) is 0 Å². The molecular weight excluding hydrogens is 608 g/mol. The lowest BCUT2D eigenvalue weighted by atomic mass is 9.93. The van der Waals surface area contributed by atoms with Gasteiger partial charge >= 0.3 is 0 Å². The number of likely N-dealkylation sites (tertiary alicyclic amines) is 1. The average molecular weight is 647 g/mol. The van der Waals surface area contributed by atoms with Gasteiger partial charge in [0.25, 0.3) is 0 Å². The highest BCUT2D eigenvalue weighted by Gasteiger charge is 2.19. The summed E-state index contributed by atoms with van der Waals surface area (Å²) in [5.74, 6) is 1.27. The van der Waals surface area contributed by atoms with Crippen LogP contribution in [0.4, 0.5) is 11.5 Å². The van der Waals surface area contributed by atoms with Gasteiger partial charge in [-0.05, 0) is 110 Å². The first kappa shape index (κ1) is 31.3. The van der Waals surface area contributed by atoms with Gasteiger partial charge < -0.3 is 20.2 Å². The molecule has 7 rings (SSSR count). The van der Waals surface area contributed by atoms with E-state index in [-0.39, 0.29) is 6.61 Å². The van der Waals surface area contributed by atoms with Crippen molar-refractivity contribution in [1.82, 2.24) is 25.2 Å². The molecule has 1 fully saturated rings. The second kappa shape index (κ2) is 13.8. The van der Waals surface area contributed by atoms with Crippen molar-refractivity contribution in [3.8, 4) is 22.6 Å². The number of aliphatic hydroxyl groups excluding tert-OH is 1. The van der Waals surface area contributed by atoms with E-state index >= 15 is 0 Å². The summed E-state index contributed by atoms with van der Waals surface area (Å²) < 4.78 is 6.31. The van der Waals surface area contributed by atoms with Crippen molar-refractivity contribution in [2.24, 2.45) is 0 Å². The number of oxazole rings is 1. The van der Waals surface area contributed by atoms with Gasteiger partial charge in [-0.25, -0.2) is 9.97 Å². The summed E-state index contributed by atoms with van der Waals surface area (Å²) in [5.41, 5.74) is 10.7. The van der Waals surface area contributed by atoms with Crippen LogP contribution in [0.2, 0.25) is 5.02 Å². The normalized spacial score (nSPS) is 13.9. The van der Waals surface area contributed by atoms with Crippen LogP contribution >= 0.6 is 11.6 Å². The summed E-state index contributed by atoms with van der Waals surface area (Å²) in [6.45, 7) is 8.66. The average Bonchev–Trinajstić information content (AvgIpc) is 3.51. The first-order chi connectivity index (χ1) is 23.0. The fourth-order valence-electron chi connectivity index (χ4n) is 6.58. The fourth-order valence-corrected chi connectivity index (χ4v) is 6.86. The Morgan fingerprint density at radius 3 is 2.51 bits per heavy atom. The molecule has 3 N–H and O–H groups in total. The van der Waals surface area contributed by atoms with Gasteiger partial charge in [-0.1, -0.05) is 42.3 Å². The van der Waals surface area contributed by atoms with E-state index in [1.54, 1.807) is 6.20 Å². The summed E-state index contributed by atoms with van der Waals surface area (Å²) >= 11 is 6.74. The van der Waals surface area contributed by atoms with Crippen LogP contribution < -0.4 is 10.6 Å². The SMILES string of the molecule is Cc1c(Nc2nccc3cc(CNCCO)cnc23)cccc1-c1cccc(-c2nc3cc(CN4CCCCC4)cc(Cl)c3o2)c1C. The standard InChI is InChI=1S/C38H39ClN6O2/c1-24-29(8-6-10-31(24)38-44-34-20-26(19-32(39)36(34)47-38)23-45-15-4-3-5-16-45)30-9-7-11-33(25(30)2)43-37-35-28(12-13-41-37)18-27(22-42-35)21-40-14-17-46/h6-13,18-20,22,40,46H,3-5,14-17,21,23H2,1-2H3,(H,41,43). The molecule has 1 aliphatic heterocycles. The van der Waals surface area contributed by atoms with E-state index in [2.05, 4.69) is 82.9 Å². The molecule has 0 aliphatic carbocycles.